The summed E-state index contributed by atoms with van der Waals surface area (Å²) in [6.45, 7) is 8.40. The van der Waals surface area contributed by atoms with Crippen LogP contribution in [0.15, 0.2) is 0 Å². The SMILES string of the molecule is CCCC[C@H](O)[C@H]1CCCN1C(=O)OC(C)(C)C. The van der Waals surface area contributed by atoms with Crippen molar-refractivity contribution in [3.05, 3.63) is 0 Å². The number of carbonyl (C=O) groups excluding carboxylic acids is 1. The van der Waals surface area contributed by atoms with Crippen LogP contribution in [-0.4, -0.2) is 40.4 Å². The molecule has 1 amide bonds. The number of ether oxygens (including phenoxy) is 1. The lowest BCUT2D eigenvalue weighted by molar-refractivity contribution is 0.00362. The fraction of sp³-hybridized carbons (Fsp3) is 0.929. The highest BCUT2D eigenvalue weighted by Gasteiger charge is 2.35. The molecule has 0 unspecified atom stereocenters. The van der Waals surface area contributed by atoms with Crippen LogP contribution in [0.1, 0.15) is 59.8 Å². The Kier molecular flexibility index (Phi) is 5.45. The molecule has 0 spiro atoms. The van der Waals surface area contributed by atoms with Crippen molar-refractivity contribution in [2.45, 2.75) is 77.5 Å². The molecule has 0 aromatic carbocycles. The van der Waals surface area contributed by atoms with Crippen molar-refractivity contribution in [1.29, 1.82) is 0 Å². The largest absolute Gasteiger partial charge is 0.444 e. The Morgan fingerprint density at radius 3 is 2.72 bits per heavy atom. The molecule has 0 bridgehead atoms. The van der Waals surface area contributed by atoms with Crippen LogP contribution in [0.3, 0.4) is 0 Å². The average Bonchev–Trinajstić information content (AvgIpc) is 2.72. The third-order valence-corrected chi connectivity index (χ3v) is 3.22. The minimum Gasteiger partial charge on any atom is -0.444 e. The normalized spacial score (nSPS) is 22.1. The highest BCUT2D eigenvalue weighted by atomic mass is 16.6. The molecule has 4 heteroatoms. The molecule has 1 aliphatic rings. The van der Waals surface area contributed by atoms with Gasteiger partial charge in [0.25, 0.3) is 0 Å². The van der Waals surface area contributed by atoms with Gasteiger partial charge in [0.15, 0.2) is 0 Å². The molecule has 1 rings (SSSR count). The first kappa shape index (κ1) is 15.3. The van der Waals surface area contributed by atoms with Crippen LogP contribution < -0.4 is 0 Å². The summed E-state index contributed by atoms with van der Waals surface area (Å²) in [5, 5.41) is 10.1. The summed E-state index contributed by atoms with van der Waals surface area (Å²) < 4.78 is 5.38. The third-order valence-electron chi connectivity index (χ3n) is 3.22. The van der Waals surface area contributed by atoms with Gasteiger partial charge in [-0.25, -0.2) is 4.79 Å². The summed E-state index contributed by atoms with van der Waals surface area (Å²) in [5.41, 5.74) is -0.474. The molecular formula is C14H27NO3. The van der Waals surface area contributed by atoms with Crippen LogP contribution in [0.5, 0.6) is 0 Å². The van der Waals surface area contributed by atoms with E-state index in [1.165, 1.54) is 0 Å². The standard InChI is InChI=1S/C14H27NO3/c1-5-6-9-12(16)11-8-7-10-15(11)13(17)18-14(2,3)4/h11-12,16H,5-10H2,1-4H3/t11-,12+/m1/s1. The number of aliphatic hydroxyl groups is 1. The second-order valence-electron chi connectivity index (χ2n) is 6.09. The zero-order valence-electron chi connectivity index (χ0n) is 12.1. The number of hydrogen-bond acceptors (Lipinski definition) is 3. The monoisotopic (exact) mass is 257 g/mol. The number of nitrogens with zero attached hydrogens (tertiary/aromatic N) is 1. The molecule has 1 aliphatic heterocycles. The van der Waals surface area contributed by atoms with Crippen LogP contribution in [0.4, 0.5) is 4.79 Å². The first-order valence-corrected chi connectivity index (χ1v) is 7.03. The zero-order chi connectivity index (χ0) is 13.8. The minimum atomic E-state index is -0.474. The van der Waals surface area contributed by atoms with Crippen molar-refractivity contribution in [2.24, 2.45) is 0 Å². The molecule has 1 saturated heterocycles. The predicted octanol–water partition coefficient (Wildman–Crippen LogP) is 2.94. The van der Waals surface area contributed by atoms with Crippen LogP contribution in [0.2, 0.25) is 0 Å². The van der Waals surface area contributed by atoms with E-state index in [4.69, 9.17) is 4.74 Å². The number of amides is 1. The van der Waals surface area contributed by atoms with Gasteiger partial charge in [-0.3, -0.25) is 0 Å². The van der Waals surface area contributed by atoms with Crippen molar-refractivity contribution in [3.63, 3.8) is 0 Å². The Bertz CT molecular complexity index is 273. The number of carbonyl (C=O) groups is 1. The number of likely N-dealkylation sites (tertiary alicyclic amines) is 1. The maximum absolute atomic E-state index is 12.0. The zero-order valence-corrected chi connectivity index (χ0v) is 12.1. The molecule has 0 aromatic rings. The molecule has 1 N–H and O–H groups in total. The van der Waals surface area contributed by atoms with Gasteiger partial charge < -0.3 is 14.7 Å². The summed E-state index contributed by atoms with van der Waals surface area (Å²) in [7, 11) is 0. The minimum absolute atomic E-state index is 0.0635. The molecule has 1 fully saturated rings. The van der Waals surface area contributed by atoms with E-state index >= 15 is 0 Å². The van der Waals surface area contributed by atoms with E-state index in [0.717, 1.165) is 32.1 Å². The highest BCUT2D eigenvalue weighted by molar-refractivity contribution is 5.69. The molecule has 0 radical (unpaired) electrons. The summed E-state index contributed by atoms with van der Waals surface area (Å²) >= 11 is 0. The summed E-state index contributed by atoms with van der Waals surface area (Å²) in [6, 6.07) is -0.0635. The molecule has 0 aliphatic carbocycles. The number of hydrogen-bond donors (Lipinski definition) is 1. The maximum atomic E-state index is 12.0. The maximum Gasteiger partial charge on any atom is 0.410 e. The number of unbranched alkanes of at least 4 members (excludes halogenated alkanes) is 1. The van der Waals surface area contributed by atoms with E-state index in [1.807, 2.05) is 20.8 Å². The molecule has 1 heterocycles. The first-order valence-electron chi connectivity index (χ1n) is 7.03. The molecule has 18 heavy (non-hydrogen) atoms. The second-order valence-corrected chi connectivity index (χ2v) is 6.09. The molecular weight excluding hydrogens is 230 g/mol. The molecule has 4 nitrogen and oxygen atoms in total. The van der Waals surface area contributed by atoms with Gasteiger partial charge in [0.05, 0.1) is 12.1 Å². The number of rotatable bonds is 4. The second kappa shape index (κ2) is 6.41. The van der Waals surface area contributed by atoms with Gasteiger partial charge in [-0.1, -0.05) is 19.8 Å². The fourth-order valence-electron chi connectivity index (χ4n) is 2.35. The van der Waals surface area contributed by atoms with Gasteiger partial charge in [-0.05, 0) is 40.0 Å². The quantitative estimate of drug-likeness (QED) is 0.842. The Balaban J connectivity index is 2.56. The Hall–Kier alpha value is -0.770. The Labute approximate surface area is 110 Å². The highest BCUT2D eigenvalue weighted by Crippen LogP contribution is 2.25. The first-order chi connectivity index (χ1) is 8.35. The molecule has 0 saturated carbocycles. The number of aliphatic hydroxyl groups excluding tert-OH is 1. The van der Waals surface area contributed by atoms with Gasteiger partial charge in [-0.2, -0.15) is 0 Å². The topological polar surface area (TPSA) is 49.8 Å². The smallest absolute Gasteiger partial charge is 0.410 e. The predicted molar refractivity (Wildman–Crippen MR) is 71.5 cm³/mol. The lowest BCUT2D eigenvalue weighted by Crippen LogP contribution is -2.45. The molecule has 106 valence electrons. The van der Waals surface area contributed by atoms with Gasteiger partial charge >= 0.3 is 6.09 Å². The average molecular weight is 257 g/mol. The van der Waals surface area contributed by atoms with Crippen LogP contribution >= 0.6 is 0 Å². The van der Waals surface area contributed by atoms with Gasteiger partial charge in [0.2, 0.25) is 0 Å². The van der Waals surface area contributed by atoms with E-state index in [-0.39, 0.29) is 12.1 Å². The fourth-order valence-corrected chi connectivity index (χ4v) is 2.35. The molecule has 0 aromatic heterocycles. The van der Waals surface area contributed by atoms with Gasteiger partial charge in [0.1, 0.15) is 5.60 Å². The van der Waals surface area contributed by atoms with E-state index in [9.17, 15) is 9.90 Å². The Morgan fingerprint density at radius 2 is 2.17 bits per heavy atom. The van der Waals surface area contributed by atoms with E-state index in [0.29, 0.717) is 6.54 Å². The van der Waals surface area contributed by atoms with Crippen molar-refractivity contribution in [2.75, 3.05) is 6.54 Å². The molecule has 2 atom stereocenters. The van der Waals surface area contributed by atoms with Crippen LogP contribution in [0.25, 0.3) is 0 Å². The Morgan fingerprint density at radius 1 is 1.50 bits per heavy atom. The van der Waals surface area contributed by atoms with E-state index < -0.39 is 11.7 Å². The van der Waals surface area contributed by atoms with Crippen molar-refractivity contribution in [3.8, 4) is 0 Å². The lowest BCUT2D eigenvalue weighted by Gasteiger charge is -2.31. The van der Waals surface area contributed by atoms with Crippen LogP contribution in [-0.2, 0) is 4.74 Å². The van der Waals surface area contributed by atoms with E-state index in [1.54, 1.807) is 4.90 Å². The summed E-state index contributed by atoms with van der Waals surface area (Å²) in [4.78, 5) is 13.7. The van der Waals surface area contributed by atoms with Crippen molar-refractivity contribution in [1.82, 2.24) is 4.90 Å². The van der Waals surface area contributed by atoms with Crippen molar-refractivity contribution < 1.29 is 14.6 Å². The van der Waals surface area contributed by atoms with Crippen LogP contribution in [0, 0.1) is 0 Å². The third kappa shape index (κ3) is 4.48. The van der Waals surface area contributed by atoms with E-state index in [2.05, 4.69) is 6.92 Å². The lowest BCUT2D eigenvalue weighted by atomic mass is 10.0. The van der Waals surface area contributed by atoms with Gasteiger partial charge in [0, 0.05) is 6.54 Å². The summed E-state index contributed by atoms with van der Waals surface area (Å²) in [5.74, 6) is 0. The van der Waals surface area contributed by atoms with Crippen molar-refractivity contribution >= 4 is 6.09 Å². The van der Waals surface area contributed by atoms with Gasteiger partial charge in [-0.15, -0.1) is 0 Å². The summed E-state index contributed by atoms with van der Waals surface area (Å²) in [6.07, 6.45) is 3.95.